The number of Topliss-reactive ketones (excluding diaryl/α,β-unsaturated/α-hetero) is 1. The predicted octanol–water partition coefficient (Wildman–Crippen LogP) is 4.19. The number of pyridine rings is 1. The van der Waals surface area contributed by atoms with Gasteiger partial charge in [0.2, 0.25) is 0 Å². The minimum absolute atomic E-state index is 0.0610. The van der Waals surface area contributed by atoms with E-state index in [2.05, 4.69) is 5.32 Å². The number of rotatable bonds is 5. The van der Waals surface area contributed by atoms with E-state index in [-0.39, 0.29) is 11.3 Å². The van der Waals surface area contributed by atoms with Crippen LogP contribution in [0.4, 0.5) is 5.00 Å². The monoisotopic (exact) mass is 390 g/mol. The number of ketones is 1. The molecule has 28 heavy (non-hydrogen) atoms. The number of aromatic carboxylic acids is 1. The van der Waals surface area contributed by atoms with Gasteiger partial charge in [-0.25, -0.2) is 4.79 Å². The molecule has 0 unspecified atom stereocenters. The third kappa shape index (κ3) is 3.19. The summed E-state index contributed by atoms with van der Waals surface area (Å²) < 4.78 is 1.68. The van der Waals surface area contributed by atoms with Crippen LogP contribution < -0.4 is 5.32 Å². The van der Waals surface area contributed by atoms with Gasteiger partial charge in [-0.1, -0.05) is 36.4 Å². The minimum atomic E-state index is -1.09. The van der Waals surface area contributed by atoms with Crippen LogP contribution in [-0.2, 0) is 4.79 Å². The van der Waals surface area contributed by atoms with Gasteiger partial charge in [0.15, 0.2) is 0 Å². The number of carboxylic acid groups (broad SMARTS) is 1. The zero-order chi connectivity index (χ0) is 19.7. The number of carbonyl (C=O) groups is 3. The Kier molecular flexibility index (Phi) is 4.50. The van der Waals surface area contributed by atoms with Crippen molar-refractivity contribution in [2.75, 3.05) is 5.32 Å². The van der Waals surface area contributed by atoms with Crippen molar-refractivity contribution in [2.45, 2.75) is 0 Å². The van der Waals surface area contributed by atoms with E-state index >= 15 is 0 Å². The van der Waals surface area contributed by atoms with Gasteiger partial charge in [-0.2, -0.15) is 0 Å². The molecule has 1 aromatic carbocycles. The Morgan fingerprint density at radius 1 is 0.964 bits per heavy atom. The molecule has 3 heterocycles. The fourth-order valence-corrected chi connectivity index (χ4v) is 3.75. The largest absolute Gasteiger partial charge is 0.478 e. The zero-order valence-electron chi connectivity index (χ0n) is 14.5. The molecule has 0 aliphatic rings. The van der Waals surface area contributed by atoms with Crippen molar-refractivity contribution in [3.8, 4) is 11.1 Å². The SMILES string of the molecule is O=C(Nc1cc(C(=O)O)cs1)C(=O)c1c(-c2ccccc2)cc2ccccn12. The molecular formula is C21H14N2O4S. The second kappa shape index (κ2) is 7.13. The fraction of sp³-hybridized carbons (Fsp3) is 0. The van der Waals surface area contributed by atoms with E-state index < -0.39 is 17.7 Å². The van der Waals surface area contributed by atoms with Crippen LogP contribution in [0.25, 0.3) is 16.6 Å². The van der Waals surface area contributed by atoms with E-state index in [1.807, 2.05) is 48.5 Å². The summed E-state index contributed by atoms with van der Waals surface area (Å²) in [4.78, 5) is 36.6. The van der Waals surface area contributed by atoms with Gasteiger partial charge >= 0.3 is 5.97 Å². The number of nitrogens with one attached hydrogen (secondary N) is 1. The summed E-state index contributed by atoms with van der Waals surface area (Å²) >= 11 is 1.05. The minimum Gasteiger partial charge on any atom is -0.478 e. The van der Waals surface area contributed by atoms with Gasteiger partial charge in [-0.15, -0.1) is 11.3 Å². The number of nitrogens with zero attached hydrogens (tertiary/aromatic N) is 1. The number of carboxylic acids is 1. The van der Waals surface area contributed by atoms with E-state index in [0.717, 1.165) is 22.4 Å². The molecule has 0 radical (unpaired) electrons. The number of benzene rings is 1. The normalized spacial score (nSPS) is 10.7. The quantitative estimate of drug-likeness (QED) is 0.395. The molecule has 0 aliphatic heterocycles. The Hall–Kier alpha value is -3.71. The first kappa shape index (κ1) is 17.7. The first-order chi connectivity index (χ1) is 13.5. The van der Waals surface area contributed by atoms with Crippen molar-refractivity contribution >= 4 is 39.5 Å². The topological polar surface area (TPSA) is 87.9 Å². The summed E-state index contributed by atoms with van der Waals surface area (Å²) in [7, 11) is 0. The molecule has 138 valence electrons. The molecule has 3 aromatic heterocycles. The summed E-state index contributed by atoms with van der Waals surface area (Å²) in [6.07, 6.45) is 1.73. The lowest BCUT2D eigenvalue weighted by atomic mass is 10.0. The maximum absolute atomic E-state index is 13.0. The number of anilines is 1. The molecular weight excluding hydrogens is 376 g/mol. The van der Waals surface area contributed by atoms with Crippen LogP contribution in [-0.4, -0.2) is 27.2 Å². The second-order valence-corrected chi connectivity index (χ2v) is 6.97. The summed E-state index contributed by atoms with van der Waals surface area (Å²) in [6.45, 7) is 0. The van der Waals surface area contributed by atoms with Crippen LogP contribution in [0, 0.1) is 0 Å². The van der Waals surface area contributed by atoms with Gasteiger partial charge in [0.25, 0.3) is 11.7 Å². The summed E-state index contributed by atoms with van der Waals surface area (Å²) in [5.41, 5.74) is 2.60. The number of hydrogen-bond acceptors (Lipinski definition) is 4. The average molecular weight is 390 g/mol. The molecule has 0 fully saturated rings. The molecule has 7 heteroatoms. The summed E-state index contributed by atoms with van der Waals surface area (Å²) in [6, 6.07) is 18.1. The molecule has 0 atom stereocenters. The van der Waals surface area contributed by atoms with Crippen molar-refractivity contribution in [3.05, 3.63) is 83.5 Å². The third-order valence-electron chi connectivity index (χ3n) is 4.27. The van der Waals surface area contributed by atoms with Gasteiger partial charge in [0.05, 0.1) is 10.6 Å². The molecule has 4 aromatic rings. The van der Waals surface area contributed by atoms with E-state index in [1.54, 1.807) is 16.7 Å². The number of hydrogen-bond donors (Lipinski definition) is 2. The Morgan fingerprint density at radius 2 is 1.71 bits per heavy atom. The zero-order valence-corrected chi connectivity index (χ0v) is 15.3. The maximum Gasteiger partial charge on any atom is 0.336 e. The smallest absolute Gasteiger partial charge is 0.336 e. The fourth-order valence-electron chi connectivity index (χ4n) is 2.98. The highest BCUT2D eigenvalue weighted by Crippen LogP contribution is 2.29. The van der Waals surface area contributed by atoms with E-state index in [0.29, 0.717) is 10.6 Å². The number of aromatic nitrogens is 1. The second-order valence-electron chi connectivity index (χ2n) is 6.06. The van der Waals surface area contributed by atoms with E-state index in [1.165, 1.54) is 11.4 Å². The summed E-state index contributed by atoms with van der Waals surface area (Å²) in [5, 5.41) is 13.2. The van der Waals surface area contributed by atoms with Gasteiger partial charge in [-0.3, -0.25) is 9.59 Å². The number of fused-ring (bicyclic) bond motifs is 1. The van der Waals surface area contributed by atoms with Crippen molar-refractivity contribution < 1.29 is 19.5 Å². The van der Waals surface area contributed by atoms with Crippen LogP contribution in [0.1, 0.15) is 20.8 Å². The molecule has 0 aliphatic carbocycles. The molecule has 2 N–H and O–H groups in total. The average Bonchev–Trinajstić information content (AvgIpc) is 3.33. The lowest BCUT2D eigenvalue weighted by molar-refractivity contribution is -0.112. The summed E-state index contributed by atoms with van der Waals surface area (Å²) in [5.74, 6) is -2.61. The van der Waals surface area contributed by atoms with E-state index in [9.17, 15) is 14.4 Å². The van der Waals surface area contributed by atoms with Crippen molar-refractivity contribution in [3.63, 3.8) is 0 Å². The van der Waals surface area contributed by atoms with Crippen LogP contribution in [0.3, 0.4) is 0 Å². The molecule has 4 rings (SSSR count). The van der Waals surface area contributed by atoms with Crippen LogP contribution >= 0.6 is 11.3 Å². The molecule has 0 saturated carbocycles. The standard InChI is InChI=1S/C21H14N2O4S/c24-19(20(25)22-17-10-14(12-28-17)21(26)27)18-16(13-6-2-1-3-7-13)11-15-8-4-5-9-23(15)18/h1-12H,(H,22,25)(H,26,27). The highest BCUT2D eigenvalue weighted by molar-refractivity contribution is 7.14. The van der Waals surface area contributed by atoms with Crippen molar-refractivity contribution in [1.82, 2.24) is 4.40 Å². The molecule has 0 saturated heterocycles. The van der Waals surface area contributed by atoms with Gasteiger partial charge in [0, 0.05) is 22.7 Å². The predicted molar refractivity (Wildman–Crippen MR) is 107 cm³/mol. The van der Waals surface area contributed by atoms with Crippen molar-refractivity contribution in [1.29, 1.82) is 0 Å². The van der Waals surface area contributed by atoms with Crippen LogP contribution in [0.5, 0.6) is 0 Å². The lowest BCUT2D eigenvalue weighted by Gasteiger charge is -2.06. The molecule has 0 spiro atoms. The van der Waals surface area contributed by atoms with Crippen LogP contribution in [0.2, 0.25) is 0 Å². The van der Waals surface area contributed by atoms with Crippen LogP contribution in [0.15, 0.2) is 72.2 Å². The molecule has 1 amide bonds. The maximum atomic E-state index is 13.0. The Morgan fingerprint density at radius 3 is 2.43 bits per heavy atom. The highest BCUT2D eigenvalue weighted by atomic mass is 32.1. The van der Waals surface area contributed by atoms with Gasteiger partial charge < -0.3 is 14.8 Å². The molecule has 0 bridgehead atoms. The first-order valence-electron chi connectivity index (χ1n) is 8.37. The number of amides is 1. The van der Waals surface area contributed by atoms with Gasteiger partial charge in [0.1, 0.15) is 5.69 Å². The van der Waals surface area contributed by atoms with Crippen molar-refractivity contribution in [2.24, 2.45) is 0 Å². The van der Waals surface area contributed by atoms with Gasteiger partial charge in [-0.05, 0) is 29.8 Å². The number of carbonyl (C=O) groups excluding carboxylic acids is 2. The Balaban J connectivity index is 1.73. The third-order valence-corrected chi connectivity index (χ3v) is 5.11. The Bertz CT molecular complexity index is 1210. The first-order valence-corrected chi connectivity index (χ1v) is 9.25. The Labute approximate surface area is 163 Å². The highest BCUT2D eigenvalue weighted by Gasteiger charge is 2.25. The number of thiophene rings is 1. The molecule has 6 nitrogen and oxygen atoms in total. The van der Waals surface area contributed by atoms with E-state index in [4.69, 9.17) is 5.11 Å². The lowest BCUT2D eigenvalue weighted by Crippen LogP contribution is -2.24.